The first-order valence-corrected chi connectivity index (χ1v) is 14.0. The lowest BCUT2D eigenvalue weighted by Crippen LogP contribution is -2.34. The van der Waals surface area contributed by atoms with Crippen molar-refractivity contribution in [3.8, 4) is 33.4 Å². The lowest BCUT2D eigenvalue weighted by Gasteiger charge is -2.14. The summed E-state index contributed by atoms with van der Waals surface area (Å²) in [4.78, 5) is 0. The predicted molar refractivity (Wildman–Crippen MR) is 170 cm³/mol. The fourth-order valence-corrected chi connectivity index (χ4v) is 5.36. The van der Waals surface area contributed by atoms with Gasteiger partial charge >= 0.3 is 0 Å². The monoisotopic (exact) mass is 494 g/mol. The molecule has 0 bridgehead atoms. The third kappa shape index (κ3) is 5.68. The molecule has 0 aliphatic carbocycles. The Labute approximate surface area is 230 Å². The number of hydrogen-bond donors (Lipinski definition) is 0. The SMILES string of the molecule is CC.CCc1ccc(-c2ccc3c(c2)-c2ccccc2B3C)cc1-c1ccccc1C.Cc1ccccc1. The van der Waals surface area contributed by atoms with E-state index in [1.54, 1.807) is 0 Å². The van der Waals surface area contributed by atoms with Crippen LogP contribution in [0.5, 0.6) is 0 Å². The highest BCUT2D eigenvalue weighted by atomic mass is 14.2. The van der Waals surface area contributed by atoms with Crippen molar-refractivity contribution in [3.63, 3.8) is 0 Å². The molecule has 190 valence electrons. The van der Waals surface area contributed by atoms with E-state index >= 15 is 0 Å². The zero-order chi connectivity index (χ0) is 27.1. The smallest absolute Gasteiger partial charge is 0.0774 e. The van der Waals surface area contributed by atoms with Crippen LogP contribution in [-0.4, -0.2) is 6.71 Å². The summed E-state index contributed by atoms with van der Waals surface area (Å²) in [6.45, 7) is 13.3. The first-order chi connectivity index (χ1) is 18.6. The van der Waals surface area contributed by atoms with Crippen molar-refractivity contribution < 1.29 is 0 Å². The largest absolute Gasteiger partial charge is 0.207 e. The van der Waals surface area contributed by atoms with Gasteiger partial charge in [0.15, 0.2) is 0 Å². The Morgan fingerprint density at radius 3 is 1.71 bits per heavy atom. The van der Waals surface area contributed by atoms with E-state index in [1.165, 1.54) is 61.0 Å². The Hall–Kier alpha value is -3.84. The summed E-state index contributed by atoms with van der Waals surface area (Å²) < 4.78 is 0. The van der Waals surface area contributed by atoms with Crippen molar-refractivity contribution in [1.29, 1.82) is 0 Å². The van der Waals surface area contributed by atoms with E-state index in [0.717, 1.165) is 6.42 Å². The second kappa shape index (κ2) is 12.6. The first kappa shape index (κ1) is 27.2. The Morgan fingerprint density at radius 2 is 1.08 bits per heavy atom. The van der Waals surface area contributed by atoms with Gasteiger partial charge < -0.3 is 0 Å². The maximum absolute atomic E-state index is 2.39. The molecule has 0 fully saturated rings. The van der Waals surface area contributed by atoms with E-state index in [-0.39, 0.29) is 0 Å². The van der Waals surface area contributed by atoms with Crippen LogP contribution in [0.4, 0.5) is 0 Å². The fourth-order valence-electron chi connectivity index (χ4n) is 5.36. The third-order valence-electron chi connectivity index (χ3n) is 7.44. The van der Waals surface area contributed by atoms with Crippen molar-refractivity contribution in [2.24, 2.45) is 0 Å². The van der Waals surface area contributed by atoms with Crippen molar-refractivity contribution in [3.05, 3.63) is 132 Å². The number of fused-ring (bicyclic) bond motifs is 3. The van der Waals surface area contributed by atoms with Gasteiger partial charge in [0.25, 0.3) is 0 Å². The second-order valence-electron chi connectivity index (χ2n) is 9.81. The van der Waals surface area contributed by atoms with E-state index in [1.807, 2.05) is 32.0 Å². The highest BCUT2D eigenvalue weighted by Gasteiger charge is 2.27. The molecule has 1 heteroatoms. The van der Waals surface area contributed by atoms with Crippen molar-refractivity contribution >= 4 is 17.6 Å². The summed E-state index contributed by atoms with van der Waals surface area (Å²) in [5.41, 5.74) is 15.0. The van der Waals surface area contributed by atoms with Gasteiger partial charge in [-0.2, -0.15) is 0 Å². The molecule has 1 heterocycles. The van der Waals surface area contributed by atoms with Crippen LogP contribution in [0.15, 0.2) is 115 Å². The lowest BCUT2D eigenvalue weighted by molar-refractivity contribution is 1.14. The number of aryl methyl sites for hydroxylation is 3. The van der Waals surface area contributed by atoms with Gasteiger partial charge in [0.2, 0.25) is 6.71 Å². The van der Waals surface area contributed by atoms with Gasteiger partial charge in [0, 0.05) is 0 Å². The molecule has 6 rings (SSSR count). The minimum atomic E-state index is 0.472. The third-order valence-corrected chi connectivity index (χ3v) is 7.44. The van der Waals surface area contributed by atoms with Crippen molar-refractivity contribution in [2.45, 2.75) is 47.9 Å². The molecule has 38 heavy (non-hydrogen) atoms. The standard InChI is InChI=1S/C28H25B.C7H8.C2H6/c1-4-20-13-14-21(17-25(20)23-10-6-5-9-19(23)2)22-15-16-28-26(18-22)24-11-7-8-12-27(24)29(28)3;1-7-5-3-2-4-6-7;1-2/h5-18H,4H2,1-3H3;2-6H,1H3;1-2H3. The maximum atomic E-state index is 2.39. The summed E-state index contributed by atoms with van der Waals surface area (Å²) in [5, 5.41) is 0. The zero-order valence-electron chi connectivity index (χ0n) is 23.8. The number of rotatable bonds is 3. The van der Waals surface area contributed by atoms with Gasteiger partial charge in [0.1, 0.15) is 0 Å². The maximum Gasteiger partial charge on any atom is 0.207 e. The van der Waals surface area contributed by atoms with Crippen LogP contribution in [0.3, 0.4) is 0 Å². The second-order valence-corrected chi connectivity index (χ2v) is 9.81. The quantitative estimate of drug-likeness (QED) is 0.219. The highest BCUT2D eigenvalue weighted by Crippen LogP contribution is 2.34. The Morgan fingerprint density at radius 1 is 0.526 bits per heavy atom. The molecule has 0 N–H and O–H groups in total. The van der Waals surface area contributed by atoms with Crippen molar-refractivity contribution in [1.82, 2.24) is 0 Å². The van der Waals surface area contributed by atoms with Gasteiger partial charge in [-0.1, -0.05) is 147 Å². The van der Waals surface area contributed by atoms with Crippen LogP contribution in [0.1, 0.15) is 37.5 Å². The van der Waals surface area contributed by atoms with Crippen LogP contribution >= 0.6 is 0 Å². The Kier molecular flexibility index (Phi) is 9.03. The van der Waals surface area contributed by atoms with Gasteiger partial charge in [-0.15, -0.1) is 0 Å². The van der Waals surface area contributed by atoms with Crippen LogP contribution in [0.2, 0.25) is 6.82 Å². The molecular formula is C37H39B. The van der Waals surface area contributed by atoms with E-state index < -0.39 is 0 Å². The van der Waals surface area contributed by atoms with Gasteiger partial charge in [0.05, 0.1) is 0 Å². The molecule has 0 nitrogen and oxygen atoms in total. The lowest BCUT2D eigenvalue weighted by atomic mass is 9.45. The van der Waals surface area contributed by atoms with Gasteiger partial charge in [-0.25, -0.2) is 0 Å². The molecule has 0 spiro atoms. The summed E-state index contributed by atoms with van der Waals surface area (Å²) in [6, 6.07) is 41.8. The molecule has 0 amide bonds. The van der Waals surface area contributed by atoms with E-state index in [4.69, 9.17) is 0 Å². The Bertz CT molecular complexity index is 1500. The molecule has 5 aromatic rings. The Balaban J connectivity index is 0.000000321. The average Bonchev–Trinajstić information content (AvgIpc) is 3.26. The molecule has 0 saturated carbocycles. The molecule has 0 aromatic heterocycles. The van der Waals surface area contributed by atoms with E-state index in [0.29, 0.717) is 6.71 Å². The summed E-state index contributed by atoms with van der Waals surface area (Å²) in [5.74, 6) is 0. The molecule has 0 saturated heterocycles. The normalized spacial score (nSPS) is 10.9. The van der Waals surface area contributed by atoms with E-state index in [2.05, 4.69) is 125 Å². The number of benzene rings is 5. The molecule has 1 aliphatic heterocycles. The minimum Gasteiger partial charge on any atom is -0.0774 e. The fraction of sp³-hybridized carbons (Fsp3) is 0.189. The summed E-state index contributed by atoms with van der Waals surface area (Å²) in [6.07, 6.45) is 1.04. The molecule has 5 aromatic carbocycles. The number of hydrogen-bond acceptors (Lipinski definition) is 0. The average molecular weight is 495 g/mol. The minimum absolute atomic E-state index is 0.472. The van der Waals surface area contributed by atoms with Crippen molar-refractivity contribution in [2.75, 3.05) is 0 Å². The van der Waals surface area contributed by atoms with Crippen LogP contribution < -0.4 is 10.9 Å². The zero-order valence-corrected chi connectivity index (χ0v) is 23.8. The van der Waals surface area contributed by atoms with Crippen LogP contribution in [-0.2, 0) is 6.42 Å². The summed E-state index contributed by atoms with van der Waals surface area (Å²) >= 11 is 0. The van der Waals surface area contributed by atoms with Gasteiger partial charge in [-0.05, 0) is 76.9 Å². The van der Waals surface area contributed by atoms with Gasteiger partial charge in [-0.3, -0.25) is 0 Å². The molecular weight excluding hydrogens is 455 g/mol. The topological polar surface area (TPSA) is 0 Å². The van der Waals surface area contributed by atoms with Crippen LogP contribution in [0, 0.1) is 13.8 Å². The molecule has 0 radical (unpaired) electrons. The highest BCUT2D eigenvalue weighted by molar-refractivity contribution is 6.88. The van der Waals surface area contributed by atoms with E-state index in [9.17, 15) is 0 Å². The first-order valence-electron chi connectivity index (χ1n) is 14.0. The predicted octanol–water partition coefficient (Wildman–Crippen LogP) is 9.13. The van der Waals surface area contributed by atoms with Crippen LogP contribution in [0.25, 0.3) is 33.4 Å². The molecule has 0 atom stereocenters. The molecule has 0 unspecified atom stereocenters. The molecule has 1 aliphatic rings. The summed E-state index contributed by atoms with van der Waals surface area (Å²) in [7, 11) is 0.